The first-order valence-corrected chi connectivity index (χ1v) is 8.46. The van der Waals surface area contributed by atoms with E-state index in [9.17, 15) is 4.79 Å². The molecule has 3 rings (SSSR count). The van der Waals surface area contributed by atoms with Crippen molar-refractivity contribution in [2.45, 2.75) is 13.8 Å². The van der Waals surface area contributed by atoms with Gasteiger partial charge in [0.2, 0.25) is 0 Å². The van der Waals surface area contributed by atoms with Gasteiger partial charge in [-0.2, -0.15) is 0 Å². The summed E-state index contributed by atoms with van der Waals surface area (Å²) in [7, 11) is 0. The minimum Gasteiger partial charge on any atom is -0.378 e. The second-order valence-corrected chi connectivity index (χ2v) is 7.12. The lowest BCUT2D eigenvalue weighted by Crippen LogP contribution is -2.33. The van der Waals surface area contributed by atoms with Crippen LogP contribution in [-0.2, 0) is 9.53 Å². The Balaban J connectivity index is 1.86. The molecule has 1 amide bonds. The summed E-state index contributed by atoms with van der Waals surface area (Å²) in [6, 6.07) is 6.04. The van der Waals surface area contributed by atoms with Gasteiger partial charge in [0.05, 0.1) is 23.8 Å². The summed E-state index contributed by atoms with van der Waals surface area (Å²) in [5.41, 5.74) is 3.11. The van der Waals surface area contributed by atoms with Crippen molar-refractivity contribution in [1.82, 2.24) is 4.90 Å². The monoisotopic (exact) mass is 334 g/mol. The lowest BCUT2D eigenvalue weighted by atomic mass is 10.1. The van der Waals surface area contributed by atoms with E-state index in [1.807, 2.05) is 32.2 Å². The van der Waals surface area contributed by atoms with Crippen LogP contribution in [0.1, 0.15) is 11.1 Å². The fraction of sp³-hybridized carbons (Fsp3) is 0.375. The van der Waals surface area contributed by atoms with E-state index < -0.39 is 0 Å². The molecular formula is C16H18N2O2S2. The number of carbonyl (C=O) groups excluding carboxylic acids is 1. The van der Waals surface area contributed by atoms with Gasteiger partial charge in [0, 0.05) is 19.3 Å². The number of anilines is 1. The number of thioether (sulfide) groups is 1. The van der Waals surface area contributed by atoms with Crippen LogP contribution in [0.4, 0.5) is 5.69 Å². The first-order valence-electron chi connectivity index (χ1n) is 7.23. The molecule has 0 aromatic heterocycles. The van der Waals surface area contributed by atoms with E-state index in [0.29, 0.717) is 22.4 Å². The van der Waals surface area contributed by atoms with Gasteiger partial charge in [-0.05, 0) is 25.5 Å². The average molecular weight is 334 g/mol. The molecule has 116 valence electrons. The molecule has 1 aromatic carbocycles. The highest BCUT2D eigenvalue weighted by atomic mass is 32.2. The van der Waals surface area contributed by atoms with E-state index >= 15 is 0 Å². The Morgan fingerprint density at radius 2 is 2.00 bits per heavy atom. The minimum atomic E-state index is -0.0338. The number of carbonyl (C=O) groups is 1. The zero-order chi connectivity index (χ0) is 15.7. The Labute approximate surface area is 140 Å². The molecule has 0 aliphatic carbocycles. The number of benzene rings is 1. The smallest absolute Gasteiger partial charge is 0.272 e. The second kappa shape index (κ2) is 6.40. The highest BCUT2D eigenvalue weighted by Crippen LogP contribution is 2.36. The molecule has 2 aliphatic rings. The van der Waals surface area contributed by atoms with E-state index in [1.165, 1.54) is 17.3 Å². The molecule has 0 unspecified atom stereocenters. The molecule has 2 heterocycles. The van der Waals surface area contributed by atoms with Crippen molar-refractivity contribution in [3.63, 3.8) is 0 Å². The number of hydrogen-bond acceptors (Lipinski definition) is 5. The lowest BCUT2D eigenvalue weighted by Gasteiger charge is -2.25. The molecule has 0 radical (unpaired) electrons. The van der Waals surface area contributed by atoms with Crippen LogP contribution in [0.25, 0.3) is 0 Å². The van der Waals surface area contributed by atoms with Crippen LogP contribution < -0.4 is 4.90 Å². The van der Waals surface area contributed by atoms with Gasteiger partial charge < -0.3 is 9.64 Å². The summed E-state index contributed by atoms with van der Waals surface area (Å²) in [5, 5.41) is 0. The summed E-state index contributed by atoms with van der Waals surface area (Å²) in [6.45, 7) is 7.08. The van der Waals surface area contributed by atoms with Crippen molar-refractivity contribution in [1.29, 1.82) is 0 Å². The predicted molar refractivity (Wildman–Crippen MR) is 94.1 cm³/mol. The Hall–Kier alpha value is -1.37. The van der Waals surface area contributed by atoms with Gasteiger partial charge in [-0.1, -0.05) is 41.7 Å². The van der Waals surface area contributed by atoms with Gasteiger partial charge in [-0.15, -0.1) is 0 Å². The quantitative estimate of drug-likeness (QED) is 0.613. The van der Waals surface area contributed by atoms with Crippen molar-refractivity contribution in [3.05, 3.63) is 40.4 Å². The van der Waals surface area contributed by atoms with Gasteiger partial charge in [-0.3, -0.25) is 9.69 Å². The van der Waals surface area contributed by atoms with E-state index in [0.717, 1.165) is 24.3 Å². The Morgan fingerprint density at radius 3 is 2.68 bits per heavy atom. The number of hydrogen-bond donors (Lipinski definition) is 0. The van der Waals surface area contributed by atoms with Gasteiger partial charge in [-0.25, -0.2) is 0 Å². The summed E-state index contributed by atoms with van der Waals surface area (Å²) in [5.74, 6) is -0.0338. The third-order valence-corrected chi connectivity index (χ3v) is 5.02. The van der Waals surface area contributed by atoms with Crippen LogP contribution in [0, 0.1) is 13.8 Å². The van der Waals surface area contributed by atoms with Crippen LogP contribution in [0.5, 0.6) is 0 Å². The maximum absolute atomic E-state index is 12.7. The normalized spacial score (nSPS) is 21.1. The maximum atomic E-state index is 12.7. The van der Waals surface area contributed by atoms with Crippen molar-refractivity contribution in [3.8, 4) is 0 Å². The number of aryl methyl sites for hydroxylation is 2. The Kier molecular flexibility index (Phi) is 4.52. The van der Waals surface area contributed by atoms with Gasteiger partial charge in [0.1, 0.15) is 0 Å². The largest absolute Gasteiger partial charge is 0.378 e. The summed E-state index contributed by atoms with van der Waals surface area (Å²) in [6.07, 6.45) is 1.92. The standard InChI is InChI=1S/C16H18N2O2S2/c1-11-3-4-13(12(2)9-11)18-15(19)14(22-16(18)21)10-17-5-7-20-8-6-17/h3-4,9-10H,5-8H2,1-2H3/b14-10-. The fourth-order valence-corrected chi connectivity index (χ4v) is 3.89. The predicted octanol–water partition coefficient (Wildman–Crippen LogP) is 2.84. The second-order valence-electron chi connectivity index (χ2n) is 5.44. The molecule has 1 aromatic rings. The molecule has 22 heavy (non-hydrogen) atoms. The van der Waals surface area contributed by atoms with Crippen LogP contribution in [0.3, 0.4) is 0 Å². The van der Waals surface area contributed by atoms with Crippen LogP contribution in [0.2, 0.25) is 0 Å². The zero-order valence-corrected chi connectivity index (χ0v) is 14.3. The van der Waals surface area contributed by atoms with E-state index in [1.54, 1.807) is 4.90 Å². The zero-order valence-electron chi connectivity index (χ0n) is 12.7. The maximum Gasteiger partial charge on any atom is 0.272 e. The number of thiocarbonyl (C=S) groups is 1. The van der Waals surface area contributed by atoms with Crippen LogP contribution in [0.15, 0.2) is 29.3 Å². The highest BCUT2D eigenvalue weighted by Gasteiger charge is 2.34. The third-order valence-electron chi connectivity index (χ3n) is 3.73. The van der Waals surface area contributed by atoms with Gasteiger partial charge in [0.15, 0.2) is 4.32 Å². The SMILES string of the molecule is Cc1ccc(N2C(=O)/C(=C/N3CCOCC3)SC2=S)c(C)c1. The molecular weight excluding hydrogens is 316 g/mol. The third kappa shape index (κ3) is 3.04. The number of nitrogens with zero attached hydrogens (tertiary/aromatic N) is 2. The van der Waals surface area contributed by atoms with Crippen molar-refractivity contribution < 1.29 is 9.53 Å². The van der Waals surface area contributed by atoms with Crippen LogP contribution >= 0.6 is 24.0 Å². The number of rotatable bonds is 2. The van der Waals surface area contributed by atoms with Crippen molar-refractivity contribution in [2.24, 2.45) is 0 Å². The summed E-state index contributed by atoms with van der Waals surface area (Å²) < 4.78 is 5.92. The number of morpholine rings is 1. The molecule has 2 aliphatic heterocycles. The summed E-state index contributed by atoms with van der Waals surface area (Å²) >= 11 is 6.79. The molecule has 4 nitrogen and oxygen atoms in total. The van der Waals surface area contributed by atoms with Crippen LogP contribution in [-0.4, -0.2) is 41.4 Å². The first-order chi connectivity index (χ1) is 10.6. The van der Waals surface area contributed by atoms with E-state index in [-0.39, 0.29) is 5.91 Å². The van der Waals surface area contributed by atoms with Crippen molar-refractivity contribution >= 4 is 39.9 Å². The molecule has 0 spiro atoms. The molecule has 0 atom stereocenters. The molecule has 0 N–H and O–H groups in total. The molecule has 2 saturated heterocycles. The molecule has 2 fully saturated rings. The topological polar surface area (TPSA) is 32.8 Å². The lowest BCUT2D eigenvalue weighted by molar-refractivity contribution is -0.113. The fourth-order valence-electron chi connectivity index (χ4n) is 2.59. The van der Waals surface area contributed by atoms with Gasteiger partial charge >= 0.3 is 0 Å². The van der Waals surface area contributed by atoms with Crippen molar-refractivity contribution in [2.75, 3.05) is 31.2 Å². The Morgan fingerprint density at radius 1 is 1.27 bits per heavy atom. The number of amides is 1. The number of ether oxygens (including phenoxy) is 1. The molecule has 0 bridgehead atoms. The summed E-state index contributed by atoms with van der Waals surface area (Å²) in [4.78, 5) is 17.2. The molecule has 0 saturated carbocycles. The minimum absolute atomic E-state index is 0.0338. The van der Waals surface area contributed by atoms with E-state index in [2.05, 4.69) is 11.0 Å². The van der Waals surface area contributed by atoms with Gasteiger partial charge in [0.25, 0.3) is 5.91 Å². The first kappa shape index (κ1) is 15.5. The average Bonchev–Trinajstić information content (AvgIpc) is 2.75. The molecule has 6 heteroatoms. The Bertz CT molecular complexity index is 652. The van der Waals surface area contributed by atoms with E-state index in [4.69, 9.17) is 17.0 Å². The highest BCUT2D eigenvalue weighted by molar-refractivity contribution is 8.27.